The summed E-state index contributed by atoms with van der Waals surface area (Å²) in [6.45, 7) is -0.452. The molecule has 0 amide bonds. The Bertz CT molecular complexity index is 537. The Morgan fingerprint density at radius 2 is 1.29 bits per heavy atom. The smallest absolute Gasteiger partial charge is 0.369 e. The molecule has 0 aromatic carbocycles. The Kier molecular flexibility index (Phi) is 9.66. The molecule has 0 bridgehead atoms. The lowest BCUT2D eigenvalue weighted by Crippen LogP contribution is -2.33. The largest absolute Gasteiger partial charge is 0.479 e. The van der Waals surface area contributed by atoms with Gasteiger partial charge >= 0.3 is 28.8 Å². The predicted octanol–water partition coefficient (Wildman–Crippen LogP) is -3.74. The van der Waals surface area contributed by atoms with Gasteiger partial charge in [0.2, 0.25) is 0 Å². The van der Waals surface area contributed by atoms with Gasteiger partial charge in [-0.2, -0.15) is 0 Å². The van der Waals surface area contributed by atoms with Crippen LogP contribution in [-0.4, -0.2) is 79.3 Å². The van der Waals surface area contributed by atoms with Crippen LogP contribution in [0, 0.1) is 0 Å². The molecular formula is C6H18NO14P3. The zero-order chi connectivity index (χ0) is 20.1. The van der Waals surface area contributed by atoms with Crippen molar-refractivity contribution >= 4 is 28.8 Å². The average molecular weight is 421 g/mol. The van der Waals surface area contributed by atoms with Crippen LogP contribution in [0.3, 0.4) is 0 Å². The molecule has 0 aliphatic heterocycles. The lowest BCUT2D eigenvalue weighted by atomic mass is 10.4. The van der Waals surface area contributed by atoms with E-state index in [4.69, 9.17) is 55.5 Å². The highest BCUT2D eigenvalue weighted by Gasteiger charge is 2.58. The van der Waals surface area contributed by atoms with Crippen molar-refractivity contribution in [1.29, 1.82) is 0 Å². The van der Waals surface area contributed by atoms with Gasteiger partial charge in [-0.05, 0) is 6.54 Å². The molecule has 0 aromatic heterocycles. The van der Waals surface area contributed by atoms with E-state index >= 15 is 0 Å². The Labute approximate surface area is 133 Å². The molecule has 2 unspecified atom stereocenters. The number of carboxylic acid groups (broad SMARTS) is 1. The molecule has 24 heavy (non-hydrogen) atoms. The van der Waals surface area contributed by atoms with Crippen LogP contribution in [0.4, 0.5) is 0 Å². The topological polar surface area (TPSA) is 297 Å². The highest BCUT2D eigenvalue weighted by Crippen LogP contribution is 2.68. The summed E-state index contributed by atoms with van der Waals surface area (Å²) in [5.74, 6) is -4.46. The number of rotatable bonds is 7. The molecule has 0 aliphatic rings. The normalized spacial score (nSPS) is 15.9. The predicted molar refractivity (Wildman–Crippen MR) is 74.4 cm³/mol. The van der Waals surface area contributed by atoms with Crippen molar-refractivity contribution in [3.63, 3.8) is 0 Å². The zero-order valence-electron chi connectivity index (χ0n) is 11.6. The van der Waals surface area contributed by atoms with Crippen molar-refractivity contribution in [2.24, 2.45) is 5.73 Å². The number of aliphatic carboxylic acids is 1. The summed E-state index contributed by atoms with van der Waals surface area (Å²) in [5, 5.41) is 30.5. The summed E-state index contributed by atoms with van der Waals surface area (Å²) in [7, 11) is -15.6. The summed E-state index contributed by atoms with van der Waals surface area (Å²) >= 11 is 0. The molecule has 0 aliphatic carbocycles. The molecule has 0 spiro atoms. The molecule has 0 heterocycles. The minimum absolute atomic E-state index is 0.452. The maximum atomic E-state index is 10.6. The van der Waals surface area contributed by atoms with Crippen LogP contribution in [0.2, 0.25) is 0 Å². The second-order valence-electron chi connectivity index (χ2n) is 4.19. The minimum Gasteiger partial charge on any atom is -0.479 e. The molecule has 0 saturated carbocycles. The highest BCUT2D eigenvalue weighted by molar-refractivity contribution is 7.72. The highest BCUT2D eigenvalue weighted by atomic mass is 31.2. The quantitative estimate of drug-likeness (QED) is 0.176. The van der Waals surface area contributed by atoms with Gasteiger partial charge in [0.1, 0.15) is 0 Å². The summed E-state index contributed by atoms with van der Waals surface area (Å²) in [5.41, 5.74) is 4.86. The summed E-state index contributed by atoms with van der Waals surface area (Å²) < 4.78 is 31.3. The zero-order valence-corrected chi connectivity index (χ0v) is 14.3. The molecule has 146 valence electrons. The fourth-order valence-corrected chi connectivity index (χ4v) is 3.66. The van der Waals surface area contributed by atoms with Crippen LogP contribution in [0.25, 0.3) is 0 Å². The summed E-state index contributed by atoms with van der Waals surface area (Å²) in [4.78, 5) is 60.2. The van der Waals surface area contributed by atoms with Gasteiger partial charge in [0, 0.05) is 6.42 Å². The number of carboxylic acids is 1. The number of hydrogen-bond acceptors (Lipinski definition) is 8. The maximum Gasteiger partial charge on any atom is 0.369 e. The average Bonchev–Trinajstić information content (AvgIpc) is 2.34. The second-order valence-corrected chi connectivity index (χ2v) is 9.90. The Hall–Kier alpha value is -0.240. The summed E-state index contributed by atoms with van der Waals surface area (Å²) in [6.07, 6.45) is -3.34. The van der Waals surface area contributed by atoms with Crippen molar-refractivity contribution in [3.05, 3.63) is 0 Å². The third-order valence-electron chi connectivity index (χ3n) is 2.29. The fraction of sp³-hybridized carbons (Fsp3) is 0.833. The van der Waals surface area contributed by atoms with Gasteiger partial charge in [-0.1, -0.05) is 0 Å². The number of aliphatic hydroxyl groups is 3. The standard InChI is InChI=1S/C3H11NO7P2.C3H7O7P/c4-2-1-3(5,12(6,7)8)13(9,10)11;4-1(2(5)6)3(7)11(8,9)10/h5H,1-2,4H2,(H2,6,7,8)(H2,9,10,11);1,3-4,7H,(H,5,6)(H2,8,9,10). The first kappa shape index (κ1) is 26.0. The lowest BCUT2D eigenvalue weighted by molar-refractivity contribution is -0.150. The van der Waals surface area contributed by atoms with Crippen LogP contribution < -0.4 is 5.73 Å². The molecule has 0 radical (unpaired) electrons. The van der Waals surface area contributed by atoms with Crippen molar-refractivity contribution in [3.8, 4) is 0 Å². The van der Waals surface area contributed by atoms with E-state index in [0.29, 0.717) is 0 Å². The van der Waals surface area contributed by atoms with Gasteiger partial charge in [-0.15, -0.1) is 0 Å². The first-order chi connectivity index (χ1) is 10.3. The molecule has 15 nitrogen and oxygen atoms in total. The molecule has 2 atom stereocenters. The van der Waals surface area contributed by atoms with E-state index < -0.39 is 58.8 Å². The maximum absolute atomic E-state index is 10.6. The summed E-state index contributed by atoms with van der Waals surface area (Å²) in [6, 6.07) is 0. The molecule has 0 aromatic rings. The number of carbonyl (C=O) groups is 1. The van der Waals surface area contributed by atoms with Crippen molar-refractivity contribution in [2.45, 2.75) is 23.5 Å². The molecule has 18 heteroatoms. The monoisotopic (exact) mass is 421 g/mol. The molecular weight excluding hydrogens is 403 g/mol. The number of hydrogen-bond donors (Lipinski definition) is 11. The van der Waals surface area contributed by atoms with Gasteiger partial charge in [-0.3, -0.25) is 13.7 Å². The molecule has 0 rings (SSSR count). The Balaban J connectivity index is 0. The molecule has 0 fully saturated rings. The van der Waals surface area contributed by atoms with Crippen molar-refractivity contribution < 1.29 is 68.3 Å². The lowest BCUT2D eigenvalue weighted by Gasteiger charge is -2.28. The minimum atomic E-state index is -5.31. The van der Waals surface area contributed by atoms with Crippen LogP contribution in [0.1, 0.15) is 6.42 Å². The Morgan fingerprint density at radius 1 is 0.958 bits per heavy atom. The van der Waals surface area contributed by atoms with Gasteiger partial charge in [-0.25, -0.2) is 4.79 Å². The number of aliphatic hydroxyl groups excluding tert-OH is 2. The first-order valence-electron chi connectivity index (χ1n) is 5.50. The number of nitrogens with two attached hydrogens (primary N) is 1. The van der Waals surface area contributed by atoms with Crippen LogP contribution in [0.5, 0.6) is 0 Å². The van der Waals surface area contributed by atoms with E-state index in [-0.39, 0.29) is 0 Å². The van der Waals surface area contributed by atoms with E-state index in [0.717, 1.165) is 0 Å². The van der Waals surface area contributed by atoms with E-state index in [9.17, 15) is 18.5 Å². The van der Waals surface area contributed by atoms with Crippen molar-refractivity contribution in [2.75, 3.05) is 6.54 Å². The van der Waals surface area contributed by atoms with E-state index in [1.807, 2.05) is 0 Å². The van der Waals surface area contributed by atoms with E-state index in [2.05, 4.69) is 0 Å². The van der Waals surface area contributed by atoms with E-state index in [1.165, 1.54) is 0 Å². The van der Waals surface area contributed by atoms with Crippen molar-refractivity contribution in [1.82, 2.24) is 0 Å². The second kappa shape index (κ2) is 8.92. The SMILES string of the molecule is NCCC(O)(P(=O)(O)O)P(=O)(O)O.O=C(O)C(O)C(O)P(=O)(O)O. The van der Waals surface area contributed by atoms with Crippen LogP contribution in [-0.2, 0) is 18.5 Å². The van der Waals surface area contributed by atoms with Gasteiger partial charge < -0.3 is 55.5 Å². The Morgan fingerprint density at radius 3 is 1.38 bits per heavy atom. The molecule has 0 saturated heterocycles. The van der Waals surface area contributed by atoms with Gasteiger partial charge in [0.25, 0.3) is 5.08 Å². The fourth-order valence-electron chi connectivity index (χ4n) is 0.966. The first-order valence-corrected chi connectivity index (χ1v) is 10.4. The van der Waals surface area contributed by atoms with E-state index in [1.54, 1.807) is 0 Å². The van der Waals surface area contributed by atoms with Gasteiger partial charge in [0.05, 0.1) is 0 Å². The molecule has 12 N–H and O–H groups in total. The van der Waals surface area contributed by atoms with Crippen LogP contribution >= 0.6 is 22.8 Å². The van der Waals surface area contributed by atoms with Gasteiger partial charge in [0.15, 0.2) is 11.9 Å². The third-order valence-corrected chi connectivity index (χ3v) is 7.14. The van der Waals surface area contributed by atoms with Crippen LogP contribution in [0.15, 0.2) is 0 Å². The third kappa shape index (κ3) is 7.33.